The minimum absolute atomic E-state index is 0. The second-order valence-electron chi connectivity index (χ2n) is 6.12. The van der Waals surface area contributed by atoms with Crippen LogP contribution in [0.5, 0.6) is 5.75 Å². The van der Waals surface area contributed by atoms with Crippen molar-refractivity contribution in [2.45, 2.75) is 32.2 Å². The normalized spacial score (nSPS) is 10.4. The lowest BCUT2D eigenvalue weighted by Crippen LogP contribution is -2.13. The molecule has 2 aromatic heterocycles. The van der Waals surface area contributed by atoms with E-state index in [1.807, 2.05) is 30.5 Å². The van der Waals surface area contributed by atoms with Crippen molar-refractivity contribution in [3.05, 3.63) is 53.6 Å². The number of nitrogens with zero attached hydrogens (tertiary/aromatic N) is 4. The predicted octanol–water partition coefficient (Wildman–Crippen LogP) is 2.00. The minimum atomic E-state index is 0. The molecule has 0 aliphatic heterocycles. The van der Waals surface area contributed by atoms with Gasteiger partial charge in [-0.15, -0.1) is 17.5 Å². The number of hydrogen-bond acceptors (Lipinski definition) is 6. The van der Waals surface area contributed by atoms with Crippen molar-refractivity contribution in [2.75, 3.05) is 12.8 Å². The molecular weight excluding hydrogens is 368 g/mol. The second-order valence-corrected chi connectivity index (χ2v) is 6.12. The molecular formula is C18H23ClN6O2. The number of halogens is 1. The van der Waals surface area contributed by atoms with Crippen LogP contribution in [0, 0.1) is 0 Å². The zero-order valence-corrected chi connectivity index (χ0v) is 15.9. The van der Waals surface area contributed by atoms with Crippen LogP contribution in [0.15, 0.2) is 36.7 Å². The summed E-state index contributed by atoms with van der Waals surface area (Å²) in [5.41, 5.74) is 8.38. The van der Waals surface area contributed by atoms with Crippen molar-refractivity contribution >= 4 is 24.1 Å². The fourth-order valence-corrected chi connectivity index (χ4v) is 2.70. The van der Waals surface area contributed by atoms with Gasteiger partial charge in [-0.25, -0.2) is 9.67 Å². The molecule has 0 spiro atoms. The molecule has 8 nitrogen and oxygen atoms in total. The molecule has 9 heteroatoms. The monoisotopic (exact) mass is 390 g/mol. The van der Waals surface area contributed by atoms with E-state index in [0.29, 0.717) is 12.4 Å². The van der Waals surface area contributed by atoms with E-state index < -0.39 is 0 Å². The highest BCUT2D eigenvalue weighted by Crippen LogP contribution is 2.12. The Bertz CT molecular complexity index is 859. The van der Waals surface area contributed by atoms with E-state index in [2.05, 4.69) is 20.3 Å². The van der Waals surface area contributed by atoms with Crippen LogP contribution >= 0.6 is 12.4 Å². The summed E-state index contributed by atoms with van der Waals surface area (Å²) in [6.07, 6.45) is 6.46. The fourth-order valence-electron chi connectivity index (χ4n) is 2.70. The van der Waals surface area contributed by atoms with Gasteiger partial charge in [-0.1, -0.05) is 17.3 Å². The molecule has 0 amide bonds. The first-order valence-corrected chi connectivity index (χ1v) is 8.45. The molecule has 3 rings (SSSR count). The highest BCUT2D eigenvalue weighted by Gasteiger charge is 2.08. The van der Waals surface area contributed by atoms with Gasteiger partial charge in [0.05, 0.1) is 19.0 Å². The van der Waals surface area contributed by atoms with Crippen molar-refractivity contribution in [1.29, 1.82) is 0 Å². The van der Waals surface area contributed by atoms with Gasteiger partial charge in [-0.3, -0.25) is 4.79 Å². The number of carbonyl (C=O) groups excluding carboxylic acids is 1. The molecule has 27 heavy (non-hydrogen) atoms. The van der Waals surface area contributed by atoms with Crippen LogP contribution in [0.25, 0.3) is 0 Å². The lowest BCUT2D eigenvalue weighted by Gasteiger charge is -2.03. The van der Waals surface area contributed by atoms with Gasteiger partial charge in [-0.05, 0) is 37.0 Å². The van der Waals surface area contributed by atoms with E-state index in [0.717, 1.165) is 42.0 Å². The van der Waals surface area contributed by atoms with E-state index >= 15 is 0 Å². The largest absolute Gasteiger partial charge is 0.497 e. The molecule has 0 fully saturated rings. The Balaban J connectivity index is 0.00000261. The van der Waals surface area contributed by atoms with Crippen LogP contribution in [-0.2, 0) is 30.6 Å². The number of nitrogens with one attached hydrogen (secondary N) is 1. The van der Waals surface area contributed by atoms with Crippen LogP contribution in [0.2, 0.25) is 0 Å². The fraction of sp³-hybridized carbons (Fsp3) is 0.333. The van der Waals surface area contributed by atoms with Gasteiger partial charge in [0.2, 0.25) is 0 Å². The average Bonchev–Trinajstić information content (AvgIpc) is 3.24. The number of aromatic nitrogens is 5. The number of ketones is 1. The van der Waals surface area contributed by atoms with Crippen LogP contribution in [0.1, 0.15) is 23.4 Å². The van der Waals surface area contributed by atoms with Gasteiger partial charge < -0.3 is 15.5 Å². The molecule has 0 unspecified atom stereocenters. The summed E-state index contributed by atoms with van der Waals surface area (Å²) in [6.45, 7) is 0.218. The van der Waals surface area contributed by atoms with Gasteiger partial charge in [0.15, 0.2) is 11.7 Å². The van der Waals surface area contributed by atoms with Crippen LogP contribution < -0.4 is 10.5 Å². The number of methoxy groups -OCH3 is 1. The SMILES string of the molecule is COc1ccc(CC(=O)Cn2cc(CCCc3cnc(N)[nH]3)nn2)cc1.Cl. The maximum atomic E-state index is 12.2. The number of carbonyl (C=O) groups is 1. The van der Waals surface area contributed by atoms with E-state index in [1.165, 1.54) is 0 Å². The quantitative estimate of drug-likeness (QED) is 0.578. The number of benzene rings is 1. The number of Topliss-reactive ketones (excluding diaryl/α,β-unsaturated/α-hetero) is 1. The number of hydrogen-bond donors (Lipinski definition) is 2. The number of nitrogens with two attached hydrogens (primary N) is 1. The second kappa shape index (κ2) is 9.72. The summed E-state index contributed by atoms with van der Waals surface area (Å²) in [5.74, 6) is 1.29. The number of H-pyrrole nitrogens is 1. The van der Waals surface area contributed by atoms with Gasteiger partial charge in [0, 0.05) is 18.3 Å². The van der Waals surface area contributed by atoms with Crippen molar-refractivity contribution in [1.82, 2.24) is 25.0 Å². The molecule has 3 N–H and O–H groups in total. The Morgan fingerprint density at radius 2 is 2.04 bits per heavy atom. The lowest BCUT2D eigenvalue weighted by atomic mass is 10.1. The molecule has 0 radical (unpaired) electrons. The Kier molecular flexibility index (Phi) is 7.36. The Labute approximate surface area is 163 Å². The Hall–Kier alpha value is -2.87. The molecule has 0 saturated heterocycles. The van der Waals surface area contributed by atoms with Crippen LogP contribution in [0.3, 0.4) is 0 Å². The number of anilines is 1. The molecule has 3 aromatic rings. The zero-order chi connectivity index (χ0) is 18.4. The summed E-state index contributed by atoms with van der Waals surface area (Å²) in [7, 11) is 1.62. The zero-order valence-electron chi connectivity index (χ0n) is 15.1. The third-order valence-electron chi connectivity index (χ3n) is 4.01. The lowest BCUT2D eigenvalue weighted by molar-refractivity contribution is -0.119. The first kappa shape index (κ1) is 20.4. The van der Waals surface area contributed by atoms with E-state index in [1.54, 1.807) is 18.0 Å². The summed E-state index contributed by atoms with van der Waals surface area (Å²) in [4.78, 5) is 19.2. The number of ether oxygens (including phenoxy) is 1. The van der Waals surface area contributed by atoms with Gasteiger partial charge in [-0.2, -0.15) is 0 Å². The summed E-state index contributed by atoms with van der Waals surface area (Å²) in [5, 5.41) is 8.17. The van der Waals surface area contributed by atoms with Crippen LogP contribution in [-0.4, -0.2) is 37.9 Å². The topological polar surface area (TPSA) is 112 Å². The van der Waals surface area contributed by atoms with Crippen molar-refractivity contribution < 1.29 is 9.53 Å². The molecule has 144 valence electrons. The third-order valence-corrected chi connectivity index (χ3v) is 4.01. The number of aromatic amines is 1. The van der Waals surface area contributed by atoms with Gasteiger partial charge in [0.25, 0.3) is 0 Å². The van der Waals surface area contributed by atoms with Gasteiger partial charge >= 0.3 is 0 Å². The molecule has 0 saturated carbocycles. The first-order valence-electron chi connectivity index (χ1n) is 8.45. The molecule has 0 bridgehead atoms. The van der Waals surface area contributed by atoms with E-state index in [9.17, 15) is 4.79 Å². The molecule has 0 aliphatic rings. The Morgan fingerprint density at radius 3 is 2.70 bits per heavy atom. The van der Waals surface area contributed by atoms with Crippen molar-refractivity contribution in [3.63, 3.8) is 0 Å². The third kappa shape index (κ3) is 6.10. The van der Waals surface area contributed by atoms with Gasteiger partial charge in [0.1, 0.15) is 12.3 Å². The standard InChI is InChI=1S/C18H22N6O2.ClH/c1-26-17-7-5-13(6-8-17)9-16(25)12-24-11-15(22-23-24)4-2-3-14-10-20-18(19)21-14;/h5-8,10-11H,2-4,9,12H2,1H3,(H3,19,20,21);1H. The smallest absolute Gasteiger partial charge is 0.197 e. The van der Waals surface area contributed by atoms with E-state index in [4.69, 9.17) is 10.5 Å². The summed E-state index contributed by atoms with van der Waals surface area (Å²) < 4.78 is 6.71. The van der Waals surface area contributed by atoms with Crippen molar-refractivity contribution in [2.24, 2.45) is 0 Å². The summed E-state index contributed by atoms with van der Waals surface area (Å²) >= 11 is 0. The predicted molar refractivity (Wildman–Crippen MR) is 104 cm³/mol. The molecule has 1 aromatic carbocycles. The number of imidazole rings is 1. The minimum Gasteiger partial charge on any atom is -0.497 e. The van der Waals surface area contributed by atoms with Crippen molar-refractivity contribution in [3.8, 4) is 5.75 Å². The number of rotatable bonds is 9. The molecule has 2 heterocycles. The maximum Gasteiger partial charge on any atom is 0.197 e. The number of nitrogen functional groups attached to an aromatic ring is 1. The van der Waals surface area contributed by atoms with Crippen LogP contribution in [0.4, 0.5) is 5.95 Å². The maximum absolute atomic E-state index is 12.2. The average molecular weight is 391 g/mol. The number of aryl methyl sites for hydroxylation is 2. The highest BCUT2D eigenvalue weighted by atomic mass is 35.5. The Morgan fingerprint density at radius 1 is 1.26 bits per heavy atom. The van der Waals surface area contributed by atoms with E-state index in [-0.39, 0.29) is 24.7 Å². The molecule has 0 aliphatic carbocycles. The summed E-state index contributed by atoms with van der Waals surface area (Å²) in [6, 6.07) is 7.49. The first-order chi connectivity index (χ1) is 12.6. The molecule has 0 atom stereocenters. The highest BCUT2D eigenvalue weighted by molar-refractivity contribution is 5.85.